The number of benzene rings is 2. The lowest BCUT2D eigenvalue weighted by Crippen LogP contribution is -2.42. The van der Waals surface area contributed by atoms with Gasteiger partial charge in [-0.2, -0.15) is 8.42 Å². The third kappa shape index (κ3) is 3.15. The van der Waals surface area contributed by atoms with Gasteiger partial charge >= 0.3 is 10.1 Å². The molecule has 8 heteroatoms. The Bertz CT molecular complexity index is 948. The van der Waals surface area contributed by atoms with Crippen LogP contribution in [-0.2, 0) is 20.8 Å². The summed E-state index contributed by atoms with van der Waals surface area (Å²) >= 11 is 5.30. The van der Waals surface area contributed by atoms with Crippen molar-refractivity contribution >= 4 is 44.3 Å². The van der Waals surface area contributed by atoms with Gasteiger partial charge in [-0.1, -0.05) is 31.5 Å². The molecule has 1 aliphatic rings. The zero-order valence-electron chi connectivity index (χ0n) is 13.5. The lowest BCUT2D eigenvalue weighted by atomic mass is 9.90. The van der Waals surface area contributed by atoms with Crippen molar-refractivity contribution < 1.29 is 22.3 Å². The summed E-state index contributed by atoms with van der Waals surface area (Å²) in [6.45, 7) is 2.09. The summed E-state index contributed by atoms with van der Waals surface area (Å²) in [7, 11) is -4.23. The minimum Gasteiger partial charge on any atom is -0.266 e. The maximum atomic E-state index is 12.6. The number of aryl methyl sites for hydroxylation is 1. The quantitative estimate of drug-likeness (QED) is 0.566. The normalized spacial score (nSPS) is 14.4. The number of carbonyl (C=O) groups excluding carboxylic acids is 2. The Balaban J connectivity index is 2.15. The van der Waals surface area contributed by atoms with Gasteiger partial charge in [0.1, 0.15) is 0 Å². The third-order valence-corrected chi connectivity index (χ3v) is 5.53. The Morgan fingerprint density at radius 3 is 2.40 bits per heavy atom. The first-order valence-corrected chi connectivity index (χ1v) is 9.92. The van der Waals surface area contributed by atoms with Crippen molar-refractivity contribution in [2.24, 2.45) is 0 Å². The van der Waals surface area contributed by atoms with Crippen molar-refractivity contribution in [3.8, 4) is 0 Å². The van der Waals surface area contributed by atoms with Crippen molar-refractivity contribution in [1.82, 2.24) is 5.06 Å². The van der Waals surface area contributed by atoms with Crippen LogP contribution in [0, 0.1) is 0 Å². The first-order valence-electron chi connectivity index (χ1n) is 7.81. The van der Waals surface area contributed by atoms with Gasteiger partial charge in [0.25, 0.3) is 11.8 Å². The molecule has 0 saturated heterocycles. The van der Waals surface area contributed by atoms with Gasteiger partial charge in [-0.05, 0) is 35.9 Å². The second-order valence-corrected chi connectivity index (χ2v) is 7.89. The Morgan fingerprint density at radius 2 is 1.76 bits per heavy atom. The molecule has 25 heavy (non-hydrogen) atoms. The molecule has 132 valence electrons. The molecule has 0 aromatic heterocycles. The van der Waals surface area contributed by atoms with Crippen molar-refractivity contribution in [3.05, 3.63) is 47.0 Å². The van der Waals surface area contributed by atoms with Crippen LogP contribution in [0.15, 0.2) is 30.3 Å². The van der Waals surface area contributed by atoms with E-state index < -0.39 is 27.1 Å². The van der Waals surface area contributed by atoms with Gasteiger partial charge in [0.15, 0.2) is 5.21 Å². The van der Waals surface area contributed by atoms with Crippen LogP contribution in [0.2, 0.25) is 0 Å². The van der Waals surface area contributed by atoms with Crippen LogP contribution in [-0.4, -0.2) is 30.5 Å². The van der Waals surface area contributed by atoms with Crippen molar-refractivity contribution in [2.75, 3.05) is 5.21 Å². The van der Waals surface area contributed by atoms with Crippen LogP contribution in [0.4, 0.5) is 0 Å². The average molecular weight is 382 g/mol. The largest absolute Gasteiger partial charge is 0.302 e. The fraction of sp³-hybridized carbons (Fsp3) is 0.294. The van der Waals surface area contributed by atoms with E-state index in [-0.39, 0.29) is 16.2 Å². The molecular weight excluding hydrogens is 366 g/mol. The number of imide groups is 1. The van der Waals surface area contributed by atoms with E-state index >= 15 is 0 Å². The van der Waals surface area contributed by atoms with Crippen LogP contribution in [0.1, 0.15) is 46.0 Å². The molecule has 0 aliphatic carbocycles. The maximum Gasteiger partial charge on any atom is 0.302 e. The maximum absolute atomic E-state index is 12.6. The fourth-order valence-electron chi connectivity index (χ4n) is 2.92. The molecule has 2 amide bonds. The number of alkyl halides is 1. The average Bonchev–Trinajstić information content (AvgIpc) is 2.61. The molecule has 6 nitrogen and oxygen atoms in total. The monoisotopic (exact) mass is 381 g/mol. The van der Waals surface area contributed by atoms with Crippen molar-refractivity contribution in [3.63, 3.8) is 0 Å². The van der Waals surface area contributed by atoms with Crippen molar-refractivity contribution in [1.29, 1.82) is 0 Å². The van der Waals surface area contributed by atoms with E-state index in [1.807, 2.05) is 12.1 Å². The van der Waals surface area contributed by atoms with Crippen LogP contribution in [0.5, 0.6) is 0 Å². The number of halogens is 1. The minimum absolute atomic E-state index is 0.232. The Labute approximate surface area is 150 Å². The number of carbonyl (C=O) groups is 2. The highest BCUT2D eigenvalue weighted by Gasteiger charge is 2.37. The van der Waals surface area contributed by atoms with Crippen LogP contribution < -0.4 is 0 Å². The molecule has 0 spiro atoms. The molecule has 2 aromatic rings. The van der Waals surface area contributed by atoms with E-state index in [2.05, 4.69) is 11.2 Å². The van der Waals surface area contributed by atoms with Gasteiger partial charge in [-0.3, -0.25) is 9.59 Å². The third-order valence-electron chi connectivity index (χ3n) is 4.08. The number of hydroxylamine groups is 2. The predicted molar refractivity (Wildman–Crippen MR) is 93.8 cm³/mol. The first-order chi connectivity index (χ1) is 11.9. The number of amides is 2. The molecule has 1 heterocycles. The second-order valence-electron chi connectivity index (χ2n) is 5.75. The number of unbranched alkanes of at least 4 members (excludes halogenated alkanes) is 1. The van der Waals surface area contributed by atoms with Gasteiger partial charge in [-0.15, -0.1) is 20.9 Å². The van der Waals surface area contributed by atoms with Gasteiger partial charge < -0.3 is 0 Å². The molecule has 2 aromatic carbocycles. The zero-order chi connectivity index (χ0) is 18.2. The lowest BCUT2D eigenvalue weighted by molar-refractivity contribution is -0.0151. The Morgan fingerprint density at radius 1 is 1.08 bits per heavy atom. The number of nitrogens with zero attached hydrogens (tertiary/aromatic N) is 1. The van der Waals surface area contributed by atoms with Gasteiger partial charge in [-0.25, -0.2) is 0 Å². The van der Waals surface area contributed by atoms with E-state index in [0.29, 0.717) is 5.39 Å². The summed E-state index contributed by atoms with van der Waals surface area (Å²) in [6, 6.07) is 8.56. The summed E-state index contributed by atoms with van der Waals surface area (Å²) in [5.74, 6) is -1.63. The summed E-state index contributed by atoms with van der Waals surface area (Å²) in [4.78, 5) is 25.2. The number of rotatable bonds is 6. The van der Waals surface area contributed by atoms with E-state index in [4.69, 9.17) is 11.6 Å². The predicted octanol–water partition coefficient (Wildman–Crippen LogP) is 3.24. The summed E-state index contributed by atoms with van der Waals surface area (Å²) in [5.41, 5.74) is 1.51. The highest BCUT2D eigenvalue weighted by Crippen LogP contribution is 2.33. The summed E-state index contributed by atoms with van der Waals surface area (Å²) in [5, 5.41) is 0.761. The molecule has 0 unspecified atom stereocenters. The highest BCUT2D eigenvalue weighted by atomic mass is 35.5. The topological polar surface area (TPSA) is 80.8 Å². The Hall–Kier alpha value is -1.96. The van der Waals surface area contributed by atoms with Gasteiger partial charge in [0, 0.05) is 5.39 Å². The molecule has 0 saturated carbocycles. The van der Waals surface area contributed by atoms with Crippen molar-refractivity contribution in [2.45, 2.75) is 26.2 Å². The van der Waals surface area contributed by atoms with E-state index in [0.717, 1.165) is 30.2 Å². The van der Waals surface area contributed by atoms with Crippen LogP contribution in [0.25, 0.3) is 10.8 Å². The zero-order valence-corrected chi connectivity index (χ0v) is 15.1. The molecular formula is C17H16ClNO5S. The van der Waals surface area contributed by atoms with E-state index in [1.165, 1.54) is 0 Å². The molecule has 0 bridgehead atoms. The molecule has 0 atom stereocenters. The summed E-state index contributed by atoms with van der Waals surface area (Å²) in [6.07, 6.45) is 2.85. The minimum atomic E-state index is -4.23. The lowest BCUT2D eigenvalue weighted by Gasteiger charge is -2.25. The second kappa shape index (κ2) is 6.74. The molecule has 0 fully saturated rings. The van der Waals surface area contributed by atoms with Gasteiger partial charge in [0.05, 0.1) is 11.1 Å². The SMILES string of the molecule is CCCCc1ccc2c3c(cccc13)C(=O)N(OS(=O)(=O)CCl)C2=O. The van der Waals surface area contributed by atoms with E-state index in [1.54, 1.807) is 18.2 Å². The number of hydrogen-bond donors (Lipinski definition) is 0. The molecule has 0 N–H and O–H groups in total. The fourth-order valence-corrected chi connectivity index (χ4v) is 3.44. The summed E-state index contributed by atoms with van der Waals surface area (Å²) < 4.78 is 27.8. The number of hydrogen-bond acceptors (Lipinski definition) is 5. The Kier molecular flexibility index (Phi) is 4.81. The standard InChI is InChI=1S/C17H16ClNO5S/c1-2-3-5-11-8-9-14-15-12(11)6-4-7-13(15)16(20)19(17(14)21)24-25(22,23)10-18/h4,6-9H,2-3,5,10H2,1H3. The molecule has 0 radical (unpaired) electrons. The van der Waals surface area contributed by atoms with Crippen LogP contribution in [0.3, 0.4) is 0 Å². The highest BCUT2D eigenvalue weighted by molar-refractivity contribution is 7.87. The molecule has 3 rings (SSSR count). The smallest absolute Gasteiger partial charge is 0.266 e. The van der Waals surface area contributed by atoms with E-state index in [9.17, 15) is 18.0 Å². The van der Waals surface area contributed by atoms with Gasteiger partial charge in [0.2, 0.25) is 0 Å². The first kappa shape index (κ1) is 17.8. The van der Waals surface area contributed by atoms with Crippen LogP contribution >= 0.6 is 11.6 Å². The molecule has 1 aliphatic heterocycles.